The molecule has 0 aliphatic carbocycles. The monoisotopic (exact) mass is 374 g/mol. The Kier molecular flexibility index (Phi) is 5.24. The van der Waals surface area contributed by atoms with Gasteiger partial charge in [-0.05, 0) is 42.3 Å². The molecule has 7 nitrogen and oxygen atoms in total. The third-order valence-corrected chi connectivity index (χ3v) is 4.14. The smallest absolute Gasteiger partial charge is 0.273 e. The van der Waals surface area contributed by atoms with Gasteiger partial charge in [-0.3, -0.25) is 14.8 Å². The van der Waals surface area contributed by atoms with Gasteiger partial charge in [0, 0.05) is 30.5 Å². The van der Waals surface area contributed by atoms with Gasteiger partial charge < -0.3 is 14.5 Å². The number of oxazole rings is 1. The predicted octanol–water partition coefficient (Wildman–Crippen LogP) is 3.17. The number of fused-ring (bicyclic) bond motifs is 1. The molecule has 1 amide bonds. The number of nitrogens with one attached hydrogen (secondary N) is 1. The number of ether oxygens (including phenoxy) is 1. The topological polar surface area (TPSA) is 90.1 Å². The summed E-state index contributed by atoms with van der Waals surface area (Å²) in [6.45, 7) is 0.628. The molecule has 28 heavy (non-hydrogen) atoms. The van der Waals surface area contributed by atoms with Crippen molar-refractivity contribution in [3.8, 4) is 5.75 Å². The lowest BCUT2D eigenvalue weighted by Crippen LogP contribution is -2.26. The largest absolute Gasteiger partial charge is 0.484 e. The maximum atomic E-state index is 12.2. The van der Waals surface area contributed by atoms with Crippen molar-refractivity contribution in [2.45, 2.75) is 13.0 Å². The normalized spacial score (nSPS) is 10.7. The molecule has 140 valence electrons. The average molecular weight is 374 g/mol. The number of aromatic nitrogens is 3. The molecule has 0 unspecified atom stereocenters. The van der Waals surface area contributed by atoms with Gasteiger partial charge in [0.1, 0.15) is 12.0 Å². The highest BCUT2D eigenvalue weighted by molar-refractivity contribution is 5.91. The van der Waals surface area contributed by atoms with E-state index in [1.54, 1.807) is 18.6 Å². The van der Waals surface area contributed by atoms with E-state index in [1.807, 2.05) is 42.5 Å². The van der Waals surface area contributed by atoms with Crippen LogP contribution in [0.5, 0.6) is 5.75 Å². The third kappa shape index (κ3) is 4.32. The summed E-state index contributed by atoms with van der Waals surface area (Å²) in [4.78, 5) is 24.7. The number of hydrogen-bond donors (Lipinski definition) is 1. The molecule has 0 bridgehead atoms. The van der Waals surface area contributed by atoms with E-state index in [1.165, 1.54) is 6.26 Å². The summed E-state index contributed by atoms with van der Waals surface area (Å²) < 4.78 is 11.0. The molecule has 1 aromatic carbocycles. The van der Waals surface area contributed by atoms with E-state index >= 15 is 0 Å². The van der Waals surface area contributed by atoms with Crippen molar-refractivity contribution >= 4 is 16.8 Å². The summed E-state index contributed by atoms with van der Waals surface area (Å²) >= 11 is 0. The Hall–Kier alpha value is -3.74. The first-order chi connectivity index (χ1) is 13.8. The van der Waals surface area contributed by atoms with E-state index in [4.69, 9.17) is 9.15 Å². The Bertz CT molecular complexity index is 1080. The van der Waals surface area contributed by atoms with E-state index in [0.717, 1.165) is 16.5 Å². The summed E-state index contributed by atoms with van der Waals surface area (Å²) in [6.07, 6.45) is 7.28. The van der Waals surface area contributed by atoms with Gasteiger partial charge >= 0.3 is 0 Å². The molecule has 3 aromatic heterocycles. The van der Waals surface area contributed by atoms with Gasteiger partial charge in [-0.2, -0.15) is 0 Å². The van der Waals surface area contributed by atoms with Crippen molar-refractivity contribution in [3.63, 3.8) is 0 Å². The number of rotatable bonds is 7. The Balaban J connectivity index is 1.30. The zero-order chi connectivity index (χ0) is 19.2. The number of pyridine rings is 2. The van der Waals surface area contributed by atoms with Gasteiger partial charge in [0.25, 0.3) is 5.91 Å². The lowest BCUT2D eigenvalue weighted by atomic mass is 10.2. The highest BCUT2D eigenvalue weighted by Crippen LogP contribution is 2.19. The van der Waals surface area contributed by atoms with Crippen LogP contribution in [-0.4, -0.2) is 27.4 Å². The molecule has 3 heterocycles. The molecule has 0 fully saturated rings. The van der Waals surface area contributed by atoms with Crippen LogP contribution in [0.1, 0.15) is 21.9 Å². The lowest BCUT2D eigenvalue weighted by molar-refractivity contribution is 0.0949. The molecule has 0 spiro atoms. The van der Waals surface area contributed by atoms with Gasteiger partial charge in [0.05, 0.1) is 5.52 Å². The van der Waals surface area contributed by atoms with Crippen molar-refractivity contribution in [3.05, 3.63) is 84.5 Å². The van der Waals surface area contributed by atoms with Gasteiger partial charge in [-0.25, -0.2) is 4.98 Å². The van der Waals surface area contributed by atoms with Crippen LogP contribution in [0, 0.1) is 0 Å². The molecule has 0 aliphatic rings. The summed E-state index contributed by atoms with van der Waals surface area (Å²) in [5.41, 5.74) is 2.19. The molecular formula is C21H18N4O3. The molecule has 0 saturated carbocycles. The van der Waals surface area contributed by atoms with E-state index in [-0.39, 0.29) is 18.2 Å². The highest BCUT2D eigenvalue weighted by atomic mass is 16.5. The second-order valence-electron chi connectivity index (χ2n) is 6.14. The Labute approximate surface area is 161 Å². The van der Waals surface area contributed by atoms with Gasteiger partial charge in [0.2, 0.25) is 5.89 Å². The maximum absolute atomic E-state index is 12.2. The van der Waals surface area contributed by atoms with Crippen LogP contribution < -0.4 is 10.1 Å². The molecule has 0 aliphatic heterocycles. The number of carbonyl (C=O) groups is 1. The van der Waals surface area contributed by atoms with Gasteiger partial charge in [-0.15, -0.1) is 0 Å². The zero-order valence-electron chi connectivity index (χ0n) is 15.0. The summed E-state index contributed by atoms with van der Waals surface area (Å²) in [5, 5.41) is 3.80. The molecule has 4 aromatic rings. The highest BCUT2D eigenvalue weighted by Gasteiger charge is 2.12. The number of nitrogens with zero attached hydrogens (tertiary/aromatic N) is 3. The van der Waals surface area contributed by atoms with Crippen molar-refractivity contribution in [1.29, 1.82) is 0 Å². The lowest BCUT2D eigenvalue weighted by Gasteiger charge is -2.04. The SMILES string of the molecule is O=C(NCCc1cccnc1)c1coc(COc2ccc3ncccc3c2)n1. The van der Waals surface area contributed by atoms with E-state index < -0.39 is 0 Å². The van der Waals surface area contributed by atoms with Crippen LogP contribution in [0.15, 0.2) is 71.7 Å². The van der Waals surface area contributed by atoms with Gasteiger partial charge in [0.15, 0.2) is 12.3 Å². The van der Waals surface area contributed by atoms with Crippen molar-refractivity contribution in [1.82, 2.24) is 20.3 Å². The van der Waals surface area contributed by atoms with Gasteiger partial charge in [-0.1, -0.05) is 12.1 Å². The summed E-state index contributed by atoms with van der Waals surface area (Å²) in [5.74, 6) is 0.737. The zero-order valence-corrected chi connectivity index (χ0v) is 15.0. The first-order valence-electron chi connectivity index (χ1n) is 8.87. The average Bonchev–Trinajstić information content (AvgIpc) is 3.22. The van der Waals surface area contributed by atoms with E-state index in [9.17, 15) is 4.79 Å². The Morgan fingerprint density at radius 2 is 2.07 bits per heavy atom. The first-order valence-corrected chi connectivity index (χ1v) is 8.87. The van der Waals surface area contributed by atoms with Crippen LogP contribution in [0.4, 0.5) is 0 Å². The summed E-state index contributed by atoms with van der Waals surface area (Å²) in [6, 6.07) is 13.3. The third-order valence-electron chi connectivity index (χ3n) is 4.14. The quantitative estimate of drug-likeness (QED) is 0.534. The molecule has 0 saturated heterocycles. The molecule has 1 N–H and O–H groups in total. The standard InChI is InChI=1S/C21H18N4O3/c26-21(24-10-7-15-3-1-8-22-12-15)19-13-28-20(25-19)14-27-17-5-6-18-16(11-17)4-2-9-23-18/h1-6,8-9,11-13H,7,10,14H2,(H,24,26). The molecule has 7 heteroatoms. The van der Waals surface area contributed by atoms with Crippen LogP contribution in [0.25, 0.3) is 10.9 Å². The predicted molar refractivity (Wildman–Crippen MR) is 103 cm³/mol. The Morgan fingerprint density at radius 1 is 1.14 bits per heavy atom. The maximum Gasteiger partial charge on any atom is 0.273 e. The molecule has 0 atom stereocenters. The second kappa shape index (κ2) is 8.30. The van der Waals surface area contributed by atoms with E-state index in [0.29, 0.717) is 24.6 Å². The van der Waals surface area contributed by atoms with Crippen LogP contribution in [0.3, 0.4) is 0 Å². The fraction of sp³-hybridized carbons (Fsp3) is 0.143. The van der Waals surface area contributed by atoms with Crippen LogP contribution >= 0.6 is 0 Å². The molecule has 4 rings (SSSR count). The molecule has 0 radical (unpaired) electrons. The van der Waals surface area contributed by atoms with Crippen molar-refractivity contribution in [2.24, 2.45) is 0 Å². The minimum atomic E-state index is -0.282. The van der Waals surface area contributed by atoms with Crippen molar-refractivity contribution < 1.29 is 13.9 Å². The van der Waals surface area contributed by atoms with Crippen molar-refractivity contribution in [2.75, 3.05) is 6.54 Å². The number of amides is 1. The number of benzene rings is 1. The minimum absolute atomic E-state index is 0.134. The first kappa shape index (κ1) is 17.7. The fourth-order valence-corrected chi connectivity index (χ4v) is 2.73. The summed E-state index contributed by atoms with van der Waals surface area (Å²) in [7, 11) is 0. The number of carbonyl (C=O) groups excluding carboxylic acids is 1. The Morgan fingerprint density at radius 3 is 2.96 bits per heavy atom. The number of hydrogen-bond acceptors (Lipinski definition) is 6. The fourth-order valence-electron chi connectivity index (χ4n) is 2.73. The van der Waals surface area contributed by atoms with E-state index in [2.05, 4.69) is 20.3 Å². The second-order valence-corrected chi connectivity index (χ2v) is 6.14. The minimum Gasteiger partial charge on any atom is -0.484 e. The van der Waals surface area contributed by atoms with Crippen LogP contribution in [-0.2, 0) is 13.0 Å². The van der Waals surface area contributed by atoms with Crippen LogP contribution in [0.2, 0.25) is 0 Å². The molecular weight excluding hydrogens is 356 g/mol.